The van der Waals surface area contributed by atoms with Crippen LogP contribution in [0.2, 0.25) is 5.02 Å². The van der Waals surface area contributed by atoms with Crippen molar-refractivity contribution in [2.75, 3.05) is 24.9 Å². The molecule has 32 heavy (non-hydrogen) atoms. The topological polar surface area (TPSA) is 76.7 Å². The van der Waals surface area contributed by atoms with Gasteiger partial charge in [-0.3, -0.25) is 9.59 Å². The monoisotopic (exact) mass is 470 g/mol. The molecule has 6 nitrogen and oxygen atoms in total. The summed E-state index contributed by atoms with van der Waals surface area (Å²) < 4.78 is 10.6. The molecule has 0 saturated carbocycles. The number of anilines is 2. The average molecular weight is 471 g/mol. The van der Waals surface area contributed by atoms with Gasteiger partial charge in [-0.05, 0) is 61.5 Å². The molecule has 0 bridgehead atoms. The minimum Gasteiger partial charge on any atom is -0.496 e. The predicted octanol–water partition coefficient (Wildman–Crippen LogP) is 5.73. The molecule has 2 N–H and O–H groups in total. The molecule has 3 aromatic carbocycles. The van der Waals surface area contributed by atoms with Gasteiger partial charge in [-0.25, -0.2) is 0 Å². The van der Waals surface area contributed by atoms with Gasteiger partial charge >= 0.3 is 0 Å². The van der Waals surface area contributed by atoms with Gasteiger partial charge in [0.1, 0.15) is 17.1 Å². The Hall–Kier alpha value is -3.16. The zero-order valence-electron chi connectivity index (χ0n) is 17.8. The van der Waals surface area contributed by atoms with Gasteiger partial charge in [-0.15, -0.1) is 11.8 Å². The minimum absolute atomic E-state index is 0.134. The van der Waals surface area contributed by atoms with E-state index >= 15 is 0 Å². The van der Waals surface area contributed by atoms with Crippen LogP contribution in [0.15, 0.2) is 71.6 Å². The van der Waals surface area contributed by atoms with Crippen LogP contribution in [0.25, 0.3) is 0 Å². The first-order chi connectivity index (χ1) is 15.4. The zero-order valence-corrected chi connectivity index (χ0v) is 19.4. The molecule has 0 saturated heterocycles. The second-order valence-corrected chi connectivity index (χ2v) is 8.63. The number of benzene rings is 3. The van der Waals surface area contributed by atoms with Crippen molar-refractivity contribution < 1.29 is 19.1 Å². The highest BCUT2D eigenvalue weighted by atomic mass is 35.5. The van der Waals surface area contributed by atoms with Crippen LogP contribution in [0.4, 0.5) is 11.4 Å². The van der Waals surface area contributed by atoms with E-state index in [1.54, 1.807) is 48.5 Å². The van der Waals surface area contributed by atoms with Crippen molar-refractivity contribution in [2.45, 2.75) is 17.1 Å². The Bertz CT molecular complexity index is 1080. The van der Waals surface area contributed by atoms with Gasteiger partial charge in [0.25, 0.3) is 5.91 Å². The van der Waals surface area contributed by atoms with Crippen LogP contribution in [0.5, 0.6) is 11.5 Å². The van der Waals surface area contributed by atoms with Crippen LogP contribution in [0.3, 0.4) is 0 Å². The first-order valence-electron chi connectivity index (χ1n) is 9.76. The number of nitrogens with one attached hydrogen (secondary N) is 2. The third-order valence-electron chi connectivity index (χ3n) is 4.54. The van der Waals surface area contributed by atoms with E-state index in [-0.39, 0.29) is 17.1 Å². The maximum absolute atomic E-state index is 12.9. The highest BCUT2D eigenvalue weighted by Gasteiger charge is 2.19. The summed E-state index contributed by atoms with van der Waals surface area (Å²) in [6.07, 6.45) is 0. The number of thioether (sulfide) groups is 1. The van der Waals surface area contributed by atoms with E-state index < -0.39 is 0 Å². The normalized spacial score (nSPS) is 11.4. The lowest BCUT2D eigenvalue weighted by atomic mass is 10.1. The number of ether oxygens (including phenoxy) is 2. The van der Waals surface area contributed by atoms with Gasteiger partial charge in [0.2, 0.25) is 5.91 Å². The number of hydrogen-bond acceptors (Lipinski definition) is 5. The van der Waals surface area contributed by atoms with Crippen LogP contribution >= 0.6 is 23.4 Å². The van der Waals surface area contributed by atoms with Crippen molar-refractivity contribution in [3.8, 4) is 11.5 Å². The highest BCUT2D eigenvalue weighted by Crippen LogP contribution is 2.30. The Labute approximate surface area is 196 Å². The van der Waals surface area contributed by atoms with Gasteiger partial charge in [0.05, 0.1) is 19.5 Å². The van der Waals surface area contributed by atoms with Crippen molar-refractivity contribution in [1.29, 1.82) is 0 Å². The molecule has 1 atom stereocenters. The van der Waals surface area contributed by atoms with E-state index in [2.05, 4.69) is 10.6 Å². The van der Waals surface area contributed by atoms with Crippen LogP contribution < -0.4 is 20.1 Å². The van der Waals surface area contributed by atoms with Crippen LogP contribution in [0.1, 0.15) is 17.3 Å². The number of amides is 2. The summed E-state index contributed by atoms with van der Waals surface area (Å²) in [6, 6.07) is 19.4. The van der Waals surface area contributed by atoms with Gasteiger partial charge in [-0.1, -0.05) is 23.7 Å². The van der Waals surface area contributed by atoms with E-state index in [1.807, 2.05) is 25.1 Å². The molecule has 0 aromatic heterocycles. The lowest BCUT2D eigenvalue weighted by Gasteiger charge is -2.14. The fourth-order valence-electron chi connectivity index (χ4n) is 2.95. The van der Waals surface area contributed by atoms with E-state index in [0.29, 0.717) is 33.5 Å². The van der Waals surface area contributed by atoms with Crippen molar-refractivity contribution in [3.63, 3.8) is 0 Å². The number of hydrogen-bond donors (Lipinski definition) is 2. The summed E-state index contributed by atoms with van der Waals surface area (Å²) in [6.45, 7) is 1.82. The first-order valence-corrected chi connectivity index (χ1v) is 11.0. The van der Waals surface area contributed by atoms with Crippen LogP contribution in [0, 0.1) is 0 Å². The Balaban J connectivity index is 1.68. The second kappa shape index (κ2) is 10.9. The summed E-state index contributed by atoms with van der Waals surface area (Å²) >= 11 is 7.27. The molecule has 0 aliphatic heterocycles. The predicted molar refractivity (Wildman–Crippen MR) is 129 cm³/mol. The van der Waals surface area contributed by atoms with Gasteiger partial charge < -0.3 is 20.1 Å². The highest BCUT2D eigenvalue weighted by molar-refractivity contribution is 8.00. The fraction of sp³-hybridized carbons (Fsp3) is 0.167. The molecule has 0 aliphatic carbocycles. The molecule has 3 aromatic rings. The molecule has 1 unspecified atom stereocenters. The van der Waals surface area contributed by atoms with Crippen molar-refractivity contribution in [2.24, 2.45) is 0 Å². The molecular weight excluding hydrogens is 448 g/mol. The maximum Gasteiger partial charge on any atom is 0.263 e. The summed E-state index contributed by atoms with van der Waals surface area (Å²) in [7, 11) is 3.00. The minimum atomic E-state index is -0.356. The quantitative estimate of drug-likeness (QED) is 0.411. The number of carbonyl (C=O) groups is 2. The molecule has 0 aliphatic rings. The smallest absolute Gasteiger partial charge is 0.263 e. The number of halogens is 1. The summed E-state index contributed by atoms with van der Waals surface area (Å²) in [5.74, 6) is 0.347. The van der Waals surface area contributed by atoms with Crippen LogP contribution in [-0.4, -0.2) is 31.3 Å². The molecule has 0 spiro atoms. The summed E-state index contributed by atoms with van der Waals surface area (Å²) in [5.41, 5.74) is 1.59. The number of methoxy groups -OCH3 is 2. The van der Waals surface area contributed by atoms with E-state index in [4.69, 9.17) is 21.1 Å². The zero-order chi connectivity index (χ0) is 23.1. The third kappa shape index (κ3) is 5.96. The van der Waals surface area contributed by atoms with Crippen LogP contribution in [-0.2, 0) is 4.79 Å². The standard InChI is InChI=1S/C24H23ClN2O4S/c1-15(23(28)26-17-12-10-16(25)11-13-17)32-19-7-4-6-18(14-19)27-24(29)22-20(30-2)8-5-9-21(22)31-3/h4-15H,1-3H3,(H,26,28)(H,27,29). The molecular formula is C24H23ClN2O4S. The fourth-order valence-corrected chi connectivity index (χ4v) is 4.00. The Morgan fingerprint density at radius 2 is 1.50 bits per heavy atom. The Morgan fingerprint density at radius 1 is 0.875 bits per heavy atom. The number of carbonyl (C=O) groups excluding carboxylic acids is 2. The third-order valence-corrected chi connectivity index (χ3v) is 5.89. The molecule has 3 rings (SSSR count). The maximum atomic E-state index is 12.9. The van der Waals surface area contributed by atoms with Crippen molar-refractivity contribution in [3.05, 3.63) is 77.3 Å². The number of rotatable bonds is 8. The molecule has 8 heteroatoms. The first kappa shape index (κ1) is 23.5. The lowest BCUT2D eigenvalue weighted by molar-refractivity contribution is -0.115. The van der Waals surface area contributed by atoms with E-state index in [1.165, 1.54) is 26.0 Å². The van der Waals surface area contributed by atoms with Gasteiger partial charge in [0, 0.05) is 21.3 Å². The molecule has 0 fully saturated rings. The van der Waals surface area contributed by atoms with Crippen molar-refractivity contribution in [1.82, 2.24) is 0 Å². The second-order valence-electron chi connectivity index (χ2n) is 6.78. The van der Waals surface area contributed by atoms with Crippen molar-refractivity contribution >= 4 is 46.6 Å². The van der Waals surface area contributed by atoms with E-state index in [9.17, 15) is 9.59 Å². The largest absolute Gasteiger partial charge is 0.496 e. The molecule has 0 heterocycles. The summed E-state index contributed by atoms with van der Waals surface area (Å²) in [4.78, 5) is 26.3. The Morgan fingerprint density at radius 3 is 2.12 bits per heavy atom. The molecule has 0 radical (unpaired) electrons. The molecule has 2 amide bonds. The van der Waals surface area contributed by atoms with E-state index in [0.717, 1.165) is 4.90 Å². The average Bonchev–Trinajstić information content (AvgIpc) is 2.80. The SMILES string of the molecule is COc1cccc(OC)c1C(=O)Nc1cccc(SC(C)C(=O)Nc2ccc(Cl)cc2)c1. The summed E-state index contributed by atoms with van der Waals surface area (Å²) in [5, 5.41) is 5.99. The molecule has 166 valence electrons. The van der Waals surface area contributed by atoms with Gasteiger partial charge in [0.15, 0.2) is 0 Å². The Kier molecular flexibility index (Phi) is 8.03. The van der Waals surface area contributed by atoms with Gasteiger partial charge in [-0.2, -0.15) is 0 Å². The lowest BCUT2D eigenvalue weighted by Crippen LogP contribution is -2.22.